The molecule has 0 spiro atoms. The van der Waals surface area contributed by atoms with Gasteiger partial charge in [-0.05, 0) is 27.8 Å². The second-order valence-electron chi connectivity index (χ2n) is 4.82. The van der Waals surface area contributed by atoms with E-state index in [1.807, 2.05) is 0 Å². The zero-order valence-corrected chi connectivity index (χ0v) is 10.5. The lowest BCUT2D eigenvalue weighted by Gasteiger charge is -2.21. The Morgan fingerprint density at radius 1 is 1.18 bits per heavy atom. The Hall–Kier alpha value is -1.63. The average Bonchev–Trinajstić information content (AvgIpc) is 1.95. The maximum atomic E-state index is 11.3. The first-order valence-electron chi connectivity index (χ1n) is 5.12. The van der Waals surface area contributed by atoms with E-state index in [2.05, 4.69) is 10.6 Å². The molecule has 0 aliphatic rings. The Labute approximate surface area is 100 Å². The van der Waals surface area contributed by atoms with Gasteiger partial charge in [-0.3, -0.25) is 19.8 Å². The van der Waals surface area contributed by atoms with Crippen LogP contribution in [0.5, 0.6) is 0 Å². The van der Waals surface area contributed by atoms with E-state index in [9.17, 15) is 14.4 Å². The number of amides is 3. The maximum Gasteiger partial charge on any atom is 0.321 e. The normalized spacial score (nSPS) is 11.1. The smallest absolute Gasteiger partial charge is 0.321 e. The van der Waals surface area contributed by atoms with E-state index in [4.69, 9.17) is 5.11 Å². The molecule has 0 aromatic rings. The van der Waals surface area contributed by atoms with Crippen molar-refractivity contribution in [2.75, 3.05) is 20.1 Å². The van der Waals surface area contributed by atoms with Crippen LogP contribution in [0.3, 0.4) is 0 Å². The molecule has 0 unspecified atom stereocenters. The highest BCUT2D eigenvalue weighted by atomic mass is 16.4. The van der Waals surface area contributed by atoms with Crippen molar-refractivity contribution in [3.05, 3.63) is 0 Å². The molecule has 0 saturated carbocycles. The lowest BCUT2D eigenvalue weighted by molar-refractivity contribution is -0.138. The van der Waals surface area contributed by atoms with Crippen molar-refractivity contribution in [1.82, 2.24) is 15.5 Å². The van der Waals surface area contributed by atoms with Crippen LogP contribution in [0.25, 0.3) is 0 Å². The molecular formula is C10H19N3O4. The lowest BCUT2D eigenvalue weighted by atomic mass is 10.1. The van der Waals surface area contributed by atoms with Crippen molar-refractivity contribution in [2.24, 2.45) is 0 Å². The van der Waals surface area contributed by atoms with Crippen molar-refractivity contribution in [3.63, 3.8) is 0 Å². The second kappa shape index (κ2) is 6.19. The average molecular weight is 245 g/mol. The number of carbonyl (C=O) groups excluding carboxylic acids is 2. The van der Waals surface area contributed by atoms with E-state index in [0.29, 0.717) is 0 Å². The van der Waals surface area contributed by atoms with E-state index in [-0.39, 0.29) is 13.1 Å². The third-order valence-electron chi connectivity index (χ3n) is 1.56. The number of hydrogen-bond acceptors (Lipinski definition) is 4. The summed E-state index contributed by atoms with van der Waals surface area (Å²) in [4.78, 5) is 34.3. The summed E-state index contributed by atoms with van der Waals surface area (Å²) in [5.74, 6) is -1.57. The van der Waals surface area contributed by atoms with Crippen molar-refractivity contribution in [1.29, 1.82) is 0 Å². The minimum absolute atomic E-state index is 0.149. The standard InChI is InChI=1S/C10H19N3O4/c1-10(2,3)12-9(17)11-7(14)5-13(4)6-8(15)16/h5-6H2,1-4H3,(H,15,16)(H2,11,12,14,17). The van der Waals surface area contributed by atoms with Gasteiger partial charge in [0.2, 0.25) is 5.91 Å². The summed E-state index contributed by atoms with van der Waals surface area (Å²) in [6, 6.07) is -0.591. The van der Waals surface area contributed by atoms with Gasteiger partial charge in [0, 0.05) is 5.54 Å². The predicted molar refractivity (Wildman–Crippen MR) is 61.6 cm³/mol. The molecule has 0 aromatic heterocycles. The van der Waals surface area contributed by atoms with Gasteiger partial charge < -0.3 is 10.4 Å². The summed E-state index contributed by atoms with van der Waals surface area (Å²) < 4.78 is 0. The Balaban J connectivity index is 4.02. The third-order valence-corrected chi connectivity index (χ3v) is 1.56. The quantitative estimate of drug-likeness (QED) is 0.627. The van der Waals surface area contributed by atoms with Crippen LogP contribution in [0.4, 0.5) is 4.79 Å². The maximum absolute atomic E-state index is 11.3. The van der Waals surface area contributed by atoms with Crippen LogP contribution in [0, 0.1) is 0 Å². The molecule has 0 aliphatic heterocycles. The lowest BCUT2D eigenvalue weighted by Crippen LogP contribution is -2.50. The Morgan fingerprint density at radius 2 is 1.71 bits per heavy atom. The number of aliphatic carboxylic acids is 1. The number of urea groups is 1. The van der Waals surface area contributed by atoms with Gasteiger partial charge >= 0.3 is 12.0 Å². The fraction of sp³-hybridized carbons (Fsp3) is 0.700. The van der Waals surface area contributed by atoms with Crippen LogP contribution in [0.1, 0.15) is 20.8 Å². The molecule has 3 amide bonds. The first-order chi connectivity index (χ1) is 7.60. The van der Waals surface area contributed by atoms with Crippen molar-refractivity contribution < 1.29 is 19.5 Å². The van der Waals surface area contributed by atoms with Gasteiger partial charge in [-0.2, -0.15) is 0 Å². The van der Waals surface area contributed by atoms with Crippen molar-refractivity contribution in [3.8, 4) is 0 Å². The van der Waals surface area contributed by atoms with Gasteiger partial charge in [0.05, 0.1) is 13.1 Å². The number of carboxylic acid groups (broad SMARTS) is 1. The van der Waals surface area contributed by atoms with Gasteiger partial charge in [-0.15, -0.1) is 0 Å². The molecule has 0 heterocycles. The van der Waals surface area contributed by atoms with Gasteiger partial charge in [0.1, 0.15) is 0 Å². The van der Waals surface area contributed by atoms with E-state index in [1.165, 1.54) is 11.9 Å². The number of hydrogen-bond donors (Lipinski definition) is 3. The molecule has 7 heteroatoms. The van der Waals surface area contributed by atoms with Crippen LogP contribution in [0.15, 0.2) is 0 Å². The van der Waals surface area contributed by atoms with Crippen LogP contribution in [-0.4, -0.2) is 53.6 Å². The van der Waals surface area contributed by atoms with Crippen LogP contribution < -0.4 is 10.6 Å². The zero-order chi connectivity index (χ0) is 13.6. The summed E-state index contributed by atoms with van der Waals surface area (Å²) in [5, 5.41) is 13.2. The topological polar surface area (TPSA) is 98.7 Å². The minimum atomic E-state index is -1.03. The third kappa shape index (κ3) is 9.31. The van der Waals surface area contributed by atoms with E-state index in [0.717, 1.165) is 0 Å². The molecule has 0 fully saturated rings. The largest absolute Gasteiger partial charge is 0.480 e. The number of nitrogens with zero attached hydrogens (tertiary/aromatic N) is 1. The molecule has 7 nitrogen and oxygen atoms in total. The summed E-state index contributed by atoms with van der Waals surface area (Å²) in [5.41, 5.74) is -0.433. The van der Waals surface area contributed by atoms with E-state index in [1.54, 1.807) is 20.8 Å². The molecule has 0 radical (unpaired) electrons. The predicted octanol–water partition coefficient (Wildman–Crippen LogP) is -0.373. The molecule has 0 aromatic carbocycles. The molecule has 17 heavy (non-hydrogen) atoms. The van der Waals surface area contributed by atoms with Crippen LogP contribution >= 0.6 is 0 Å². The number of nitrogens with one attached hydrogen (secondary N) is 2. The molecule has 98 valence electrons. The van der Waals surface area contributed by atoms with Crippen molar-refractivity contribution >= 4 is 17.9 Å². The first-order valence-corrected chi connectivity index (χ1v) is 5.12. The van der Waals surface area contributed by atoms with Gasteiger partial charge in [0.25, 0.3) is 0 Å². The highest BCUT2D eigenvalue weighted by Gasteiger charge is 2.16. The van der Waals surface area contributed by atoms with Crippen LogP contribution in [0.2, 0.25) is 0 Å². The SMILES string of the molecule is CN(CC(=O)O)CC(=O)NC(=O)NC(C)(C)C. The number of imide groups is 1. The highest BCUT2D eigenvalue weighted by molar-refractivity contribution is 5.95. The van der Waals surface area contributed by atoms with Gasteiger partial charge in [0.15, 0.2) is 0 Å². The number of likely N-dealkylation sites (N-methyl/N-ethyl adjacent to an activating group) is 1. The van der Waals surface area contributed by atoms with Crippen molar-refractivity contribution in [2.45, 2.75) is 26.3 Å². The summed E-state index contributed by atoms with van der Waals surface area (Å²) >= 11 is 0. The first kappa shape index (κ1) is 15.4. The minimum Gasteiger partial charge on any atom is -0.480 e. The molecular weight excluding hydrogens is 226 g/mol. The summed E-state index contributed by atoms with van der Waals surface area (Å²) in [6.07, 6.45) is 0. The Kier molecular flexibility index (Phi) is 5.60. The number of carboxylic acids is 1. The number of rotatable bonds is 4. The highest BCUT2D eigenvalue weighted by Crippen LogP contribution is 1.97. The molecule has 0 atom stereocenters. The summed E-state index contributed by atoms with van der Waals surface area (Å²) in [6.45, 7) is 4.95. The Bertz CT molecular complexity index is 309. The fourth-order valence-corrected chi connectivity index (χ4v) is 1.07. The number of carbonyl (C=O) groups is 3. The van der Waals surface area contributed by atoms with Crippen LogP contribution in [-0.2, 0) is 9.59 Å². The molecule has 3 N–H and O–H groups in total. The monoisotopic (exact) mass is 245 g/mol. The van der Waals surface area contributed by atoms with E-state index >= 15 is 0 Å². The zero-order valence-electron chi connectivity index (χ0n) is 10.5. The Morgan fingerprint density at radius 3 is 2.12 bits per heavy atom. The molecule has 0 bridgehead atoms. The van der Waals surface area contributed by atoms with Gasteiger partial charge in [-0.1, -0.05) is 0 Å². The fourth-order valence-electron chi connectivity index (χ4n) is 1.07. The summed E-state index contributed by atoms with van der Waals surface area (Å²) in [7, 11) is 1.48. The second-order valence-corrected chi connectivity index (χ2v) is 4.82. The molecule has 0 aliphatic carbocycles. The van der Waals surface area contributed by atoms with Gasteiger partial charge in [-0.25, -0.2) is 4.79 Å². The molecule has 0 rings (SSSR count). The van der Waals surface area contributed by atoms with E-state index < -0.39 is 23.4 Å². The molecule has 0 saturated heterocycles.